The minimum absolute atomic E-state index is 0. The first-order valence-corrected chi connectivity index (χ1v) is 7.79. The van der Waals surface area contributed by atoms with Gasteiger partial charge in [-0.2, -0.15) is 0 Å². The van der Waals surface area contributed by atoms with Crippen molar-refractivity contribution in [3.63, 3.8) is 0 Å². The molecule has 0 saturated carbocycles. The third-order valence-electron chi connectivity index (χ3n) is 3.70. The summed E-state index contributed by atoms with van der Waals surface area (Å²) < 4.78 is 0.727. The van der Waals surface area contributed by atoms with Gasteiger partial charge in [-0.15, -0.1) is 0 Å². The lowest BCUT2D eigenvalue weighted by atomic mass is 10.2. The van der Waals surface area contributed by atoms with Crippen LogP contribution in [0.2, 0.25) is 0 Å². The average molecular weight is 334 g/mol. The zero-order valence-electron chi connectivity index (χ0n) is 13.5. The molecule has 1 N–H and O–H groups in total. The van der Waals surface area contributed by atoms with Crippen molar-refractivity contribution in [3.8, 4) is 0 Å². The number of para-hydroxylation sites is 1. The molecule has 0 fully saturated rings. The lowest BCUT2D eigenvalue weighted by Gasteiger charge is -2.26. The summed E-state index contributed by atoms with van der Waals surface area (Å²) in [6, 6.07) is 12.1. The fourth-order valence-corrected chi connectivity index (χ4v) is 2.41. The first kappa shape index (κ1) is 19.3. The zero-order chi connectivity index (χ0) is 15.7. The summed E-state index contributed by atoms with van der Waals surface area (Å²) in [5.74, 6) is 0. The SMILES string of the molecule is CCCC[N+]1(CCO)C=CN=C1.[Cl-].c1ccc2ncccc2c1. The van der Waals surface area contributed by atoms with E-state index in [4.69, 9.17) is 5.11 Å². The molecule has 1 aliphatic rings. The predicted octanol–water partition coefficient (Wildman–Crippen LogP) is 0.348. The topological polar surface area (TPSA) is 45.5 Å². The maximum absolute atomic E-state index is 8.88. The molecule has 5 heteroatoms. The lowest BCUT2D eigenvalue weighted by molar-refractivity contribution is -0.780. The van der Waals surface area contributed by atoms with Crippen molar-refractivity contribution < 1.29 is 22.0 Å². The number of aliphatic imine (C=N–C) groups is 1. The van der Waals surface area contributed by atoms with Crippen LogP contribution in [0.25, 0.3) is 10.9 Å². The van der Waals surface area contributed by atoms with E-state index >= 15 is 0 Å². The fourth-order valence-electron chi connectivity index (χ4n) is 2.41. The molecule has 3 rings (SSSR count). The van der Waals surface area contributed by atoms with Crippen LogP contribution in [0.15, 0.2) is 60.0 Å². The van der Waals surface area contributed by atoms with Crippen LogP contribution in [-0.4, -0.2) is 40.6 Å². The van der Waals surface area contributed by atoms with Gasteiger partial charge < -0.3 is 17.5 Å². The molecule has 0 spiro atoms. The molecule has 23 heavy (non-hydrogen) atoms. The summed E-state index contributed by atoms with van der Waals surface area (Å²) in [5, 5.41) is 10.1. The van der Waals surface area contributed by atoms with Gasteiger partial charge in [0.15, 0.2) is 6.34 Å². The molecular formula is C18H24ClN3O. The van der Waals surface area contributed by atoms with Crippen LogP contribution in [0.4, 0.5) is 0 Å². The Kier molecular flexibility index (Phi) is 8.48. The van der Waals surface area contributed by atoms with Crippen LogP contribution in [-0.2, 0) is 0 Å². The minimum atomic E-state index is 0. The highest BCUT2D eigenvalue weighted by molar-refractivity contribution is 5.77. The number of benzene rings is 1. The molecule has 124 valence electrons. The smallest absolute Gasteiger partial charge is 0.194 e. The Morgan fingerprint density at radius 1 is 1.09 bits per heavy atom. The largest absolute Gasteiger partial charge is 1.00 e. The second-order valence-electron chi connectivity index (χ2n) is 5.39. The Balaban J connectivity index is 0.000000223. The van der Waals surface area contributed by atoms with E-state index in [1.54, 1.807) is 0 Å². The van der Waals surface area contributed by atoms with Crippen LogP contribution in [0.3, 0.4) is 0 Å². The molecular weight excluding hydrogens is 310 g/mol. The van der Waals surface area contributed by atoms with Gasteiger partial charge in [-0.1, -0.05) is 37.6 Å². The first-order chi connectivity index (χ1) is 10.8. The number of aromatic nitrogens is 1. The van der Waals surface area contributed by atoms with Crippen LogP contribution in [0, 0.1) is 0 Å². The van der Waals surface area contributed by atoms with E-state index in [0.29, 0.717) is 0 Å². The van der Waals surface area contributed by atoms with Gasteiger partial charge in [0, 0.05) is 11.6 Å². The van der Waals surface area contributed by atoms with Gasteiger partial charge in [-0.25, -0.2) is 4.99 Å². The molecule has 1 aromatic carbocycles. The molecule has 1 aromatic heterocycles. The summed E-state index contributed by atoms with van der Waals surface area (Å²) in [4.78, 5) is 8.25. The Hall–Kier alpha value is -1.75. The third kappa shape index (κ3) is 5.75. The van der Waals surface area contributed by atoms with Crippen molar-refractivity contribution in [2.24, 2.45) is 4.99 Å². The van der Waals surface area contributed by atoms with Crippen molar-refractivity contribution in [3.05, 3.63) is 55.0 Å². The number of aliphatic hydroxyl groups is 1. The van der Waals surface area contributed by atoms with E-state index in [-0.39, 0.29) is 19.0 Å². The molecule has 2 heterocycles. The number of aliphatic hydroxyl groups excluding tert-OH is 1. The highest BCUT2D eigenvalue weighted by Crippen LogP contribution is 2.12. The van der Waals surface area contributed by atoms with Crippen LogP contribution in [0.5, 0.6) is 0 Å². The van der Waals surface area contributed by atoms with Gasteiger partial charge >= 0.3 is 0 Å². The van der Waals surface area contributed by atoms with Gasteiger partial charge in [0.05, 0.1) is 24.9 Å². The number of nitrogens with zero attached hydrogens (tertiary/aromatic N) is 3. The van der Waals surface area contributed by atoms with E-state index in [1.807, 2.05) is 49.2 Å². The normalized spacial score (nSPS) is 18.3. The van der Waals surface area contributed by atoms with Crippen molar-refractivity contribution in [1.82, 2.24) is 4.98 Å². The van der Waals surface area contributed by atoms with Crippen molar-refractivity contribution in [2.75, 3.05) is 19.7 Å². The number of hydrogen-bond acceptors (Lipinski definition) is 3. The van der Waals surface area contributed by atoms with Crippen LogP contribution < -0.4 is 12.4 Å². The number of quaternary nitrogens is 1. The molecule has 0 aliphatic carbocycles. The van der Waals surface area contributed by atoms with Gasteiger partial charge in [0.2, 0.25) is 0 Å². The van der Waals surface area contributed by atoms with E-state index < -0.39 is 0 Å². The summed E-state index contributed by atoms with van der Waals surface area (Å²) in [5.41, 5.74) is 1.06. The summed E-state index contributed by atoms with van der Waals surface area (Å²) in [6.07, 6.45) is 9.94. The van der Waals surface area contributed by atoms with E-state index in [1.165, 1.54) is 18.2 Å². The average Bonchev–Trinajstić information content (AvgIpc) is 3.03. The van der Waals surface area contributed by atoms with Gasteiger partial charge in [0.1, 0.15) is 12.7 Å². The molecule has 0 amide bonds. The second kappa shape index (κ2) is 10.1. The molecule has 1 atom stereocenters. The summed E-state index contributed by atoms with van der Waals surface area (Å²) in [6.45, 7) is 4.20. The van der Waals surface area contributed by atoms with Gasteiger partial charge in [0.25, 0.3) is 0 Å². The third-order valence-corrected chi connectivity index (χ3v) is 3.70. The number of fused-ring (bicyclic) bond motifs is 1. The maximum Gasteiger partial charge on any atom is 0.194 e. The Morgan fingerprint density at radius 2 is 1.87 bits per heavy atom. The number of rotatable bonds is 5. The molecule has 1 aliphatic heterocycles. The minimum Gasteiger partial charge on any atom is -1.00 e. The molecule has 0 radical (unpaired) electrons. The van der Waals surface area contributed by atoms with E-state index in [0.717, 1.165) is 23.1 Å². The number of hydrogen-bond donors (Lipinski definition) is 1. The highest BCUT2D eigenvalue weighted by Gasteiger charge is 2.24. The first-order valence-electron chi connectivity index (χ1n) is 7.79. The molecule has 1 unspecified atom stereocenters. The van der Waals surface area contributed by atoms with Crippen molar-refractivity contribution in [2.45, 2.75) is 19.8 Å². The highest BCUT2D eigenvalue weighted by atomic mass is 35.5. The maximum atomic E-state index is 8.88. The Morgan fingerprint density at radius 3 is 2.52 bits per heavy atom. The molecule has 4 nitrogen and oxygen atoms in total. The molecule has 0 bridgehead atoms. The van der Waals surface area contributed by atoms with Crippen molar-refractivity contribution >= 4 is 17.2 Å². The van der Waals surface area contributed by atoms with Gasteiger partial charge in [-0.3, -0.25) is 9.47 Å². The monoisotopic (exact) mass is 333 g/mol. The van der Waals surface area contributed by atoms with Crippen molar-refractivity contribution in [1.29, 1.82) is 0 Å². The number of pyridine rings is 1. The summed E-state index contributed by atoms with van der Waals surface area (Å²) >= 11 is 0. The van der Waals surface area contributed by atoms with Crippen LogP contribution in [0.1, 0.15) is 19.8 Å². The molecule has 0 saturated heterocycles. The van der Waals surface area contributed by atoms with E-state index in [2.05, 4.69) is 29.0 Å². The van der Waals surface area contributed by atoms with Gasteiger partial charge in [-0.05, 0) is 18.6 Å². The standard InChI is InChI=1S/C9H17N2O.C9H7N.ClH/c1-2-3-5-11(7-8-12)6-4-10-9-11;1-2-6-9-8(4-1)5-3-7-10-9;/h4,6,9,12H,2-3,5,7-8H2,1H3;1-7H;1H/q+1;;/p-1. The number of unbranched alkanes of at least 4 members (excludes halogenated alkanes) is 1. The second-order valence-corrected chi connectivity index (χ2v) is 5.39. The zero-order valence-corrected chi connectivity index (χ0v) is 14.2. The summed E-state index contributed by atoms with van der Waals surface area (Å²) in [7, 11) is 0. The quantitative estimate of drug-likeness (QED) is 0.802. The van der Waals surface area contributed by atoms with Crippen LogP contribution >= 0.6 is 0 Å². The Labute approximate surface area is 144 Å². The molecule has 2 aromatic rings. The fraction of sp³-hybridized carbons (Fsp3) is 0.333. The number of halogens is 1. The van der Waals surface area contributed by atoms with E-state index in [9.17, 15) is 0 Å². The predicted molar refractivity (Wildman–Crippen MR) is 91.4 cm³/mol. The lowest BCUT2D eigenvalue weighted by Crippen LogP contribution is -3.00. The Bertz CT molecular complexity index is 565.